The topological polar surface area (TPSA) is 86.9 Å². The smallest absolute Gasteiger partial charge is 0.258 e. The summed E-state index contributed by atoms with van der Waals surface area (Å²) in [4.78, 5) is 24.9. The highest BCUT2D eigenvalue weighted by molar-refractivity contribution is 6.07. The number of carbonyl (C=O) groups excluding carboxylic acids is 2. The fourth-order valence-corrected chi connectivity index (χ4v) is 2.62. The number of nitrogens with one attached hydrogen (secondary N) is 3. The Morgan fingerprint density at radius 1 is 1.04 bits per heavy atom. The number of anilines is 2. The van der Waals surface area contributed by atoms with Crippen LogP contribution in [0.25, 0.3) is 0 Å². The molecule has 2 amide bonds. The van der Waals surface area contributed by atoms with Crippen LogP contribution >= 0.6 is 0 Å². The van der Waals surface area contributed by atoms with Gasteiger partial charge in [0.2, 0.25) is 0 Å². The summed E-state index contributed by atoms with van der Waals surface area (Å²) in [6.45, 7) is 5.83. The summed E-state index contributed by atoms with van der Waals surface area (Å²) in [6, 6.07) is 12.4. The SMILES string of the molecule is Cc1ccc(C(=O)Nc2cc(C(C)C)[nH]n2)cc1NC(=O)c1ccccc1F. The lowest BCUT2D eigenvalue weighted by molar-refractivity contribution is 0.101. The summed E-state index contributed by atoms with van der Waals surface area (Å²) in [5, 5.41) is 12.3. The van der Waals surface area contributed by atoms with Crippen molar-refractivity contribution < 1.29 is 14.0 Å². The zero-order valence-electron chi connectivity index (χ0n) is 15.8. The van der Waals surface area contributed by atoms with E-state index in [2.05, 4.69) is 20.8 Å². The maximum atomic E-state index is 13.8. The third kappa shape index (κ3) is 4.25. The fraction of sp³-hybridized carbons (Fsp3) is 0.190. The highest BCUT2D eigenvalue weighted by Crippen LogP contribution is 2.20. The van der Waals surface area contributed by atoms with Gasteiger partial charge in [-0.25, -0.2) is 4.39 Å². The van der Waals surface area contributed by atoms with Crippen LogP contribution in [0.15, 0.2) is 48.5 Å². The van der Waals surface area contributed by atoms with Crippen molar-refractivity contribution in [3.8, 4) is 0 Å². The van der Waals surface area contributed by atoms with E-state index in [1.54, 1.807) is 37.3 Å². The molecule has 0 radical (unpaired) electrons. The van der Waals surface area contributed by atoms with E-state index in [0.717, 1.165) is 11.3 Å². The van der Waals surface area contributed by atoms with Gasteiger partial charge in [-0.2, -0.15) is 5.10 Å². The normalized spacial score (nSPS) is 10.8. The lowest BCUT2D eigenvalue weighted by Gasteiger charge is -2.11. The monoisotopic (exact) mass is 380 g/mol. The van der Waals surface area contributed by atoms with Crippen molar-refractivity contribution >= 4 is 23.3 Å². The van der Waals surface area contributed by atoms with E-state index in [1.165, 1.54) is 18.2 Å². The molecule has 0 spiro atoms. The Morgan fingerprint density at radius 2 is 1.79 bits per heavy atom. The number of amides is 2. The Hall–Kier alpha value is -3.48. The lowest BCUT2D eigenvalue weighted by Crippen LogP contribution is -2.16. The van der Waals surface area contributed by atoms with Crippen LogP contribution in [0.5, 0.6) is 0 Å². The average molecular weight is 380 g/mol. The Labute approximate surface area is 162 Å². The fourth-order valence-electron chi connectivity index (χ4n) is 2.62. The molecule has 0 fully saturated rings. The molecule has 144 valence electrons. The van der Waals surface area contributed by atoms with Crippen LogP contribution in [0, 0.1) is 12.7 Å². The number of hydrogen-bond donors (Lipinski definition) is 3. The van der Waals surface area contributed by atoms with Crippen LogP contribution in [-0.4, -0.2) is 22.0 Å². The van der Waals surface area contributed by atoms with Gasteiger partial charge >= 0.3 is 0 Å². The van der Waals surface area contributed by atoms with Crippen LogP contribution in [0.4, 0.5) is 15.9 Å². The zero-order valence-corrected chi connectivity index (χ0v) is 15.8. The number of halogens is 1. The third-order valence-corrected chi connectivity index (χ3v) is 4.33. The van der Waals surface area contributed by atoms with Crippen LogP contribution in [0.1, 0.15) is 51.7 Å². The van der Waals surface area contributed by atoms with Gasteiger partial charge in [0.25, 0.3) is 11.8 Å². The maximum absolute atomic E-state index is 13.8. The van der Waals surface area contributed by atoms with E-state index in [9.17, 15) is 14.0 Å². The molecule has 0 aliphatic carbocycles. The third-order valence-electron chi connectivity index (χ3n) is 4.33. The molecule has 0 saturated carbocycles. The summed E-state index contributed by atoms with van der Waals surface area (Å²) >= 11 is 0. The minimum atomic E-state index is -0.606. The second-order valence-electron chi connectivity index (χ2n) is 6.78. The number of hydrogen-bond acceptors (Lipinski definition) is 3. The summed E-state index contributed by atoms with van der Waals surface area (Å²) in [5.74, 6) is -0.856. The van der Waals surface area contributed by atoms with Gasteiger partial charge in [0.1, 0.15) is 5.82 Å². The Morgan fingerprint density at radius 3 is 2.46 bits per heavy atom. The minimum absolute atomic E-state index is 0.0607. The largest absolute Gasteiger partial charge is 0.322 e. The van der Waals surface area contributed by atoms with E-state index in [4.69, 9.17) is 0 Å². The van der Waals surface area contributed by atoms with Gasteiger partial charge < -0.3 is 10.6 Å². The molecule has 7 heteroatoms. The van der Waals surface area contributed by atoms with Crippen LogP contribution < -0.4 is 10.6 Å². The zero-order chi connectivity index (χ0) is 20.3. The Bertz CT molecular complexity index is 1030. The second-order valence-corrected chi connectivity index (χ2v) is 6.78. The molecule has 2 aromatic carbocycles. The molecule has 0 unspecified atom stereocenters. The van der Waals surface area contributed by atoms with E-state index < -0.39 is 11.7 Å². The lowest BCUT2D eigenvalue weighted by atomic mass is 10.1. The number of nitrogens with zero attached hydrogens (tertiary/aromatic N) is 1. The van der Waals surface area contributed by atoms with Gasteiger partial charge in [-0.3, -0.25) is 14.7 Å². The molecule has 0 bridgehead atoms. The van der Waals surface area contributed by atoms with Crippen LogP contribution in [-0.2, 0) is 0 Å². The number of rotatable bonds is 5. The highest BCUT2D eigenvalue weighted by Gasteiger charge is 2.15. The standard InChI is InChI=1S/C21H21FN4O2/c1-12(2)17-11-19(26-25-17)24-20(27)14-9-8-13(3)18(10-14)23-21(28)15-6-4-5-7-16(15)22/h4-12H,1-3H3,(H,23,28)(H2,24,25,26,27). The first-order chi connectivity index (χ1) is 13.3. The van der Waals surface area contributed by atoms with Crippen molar-refractivity contribution in [2.45, 2.75) is 26.7 Å². The first-order valence-corrected chi connectivity index (χ1v) is 8.88. The van der Waals surface area contributed by atoms with Crippen LogP contribution in [0.3, 0.4) is 0 Å². The Kier molecular flexibility index (Phi) is 5.54. The molecule has 3 N–H and O–H groups in total. The summed E-state index contributed by atoms with van der Waals surface area (Å²) in [6.07, 6.45) is 0. The van der Waals surface area contributed by atoms with Crippen molar-refractivity contribution in [3.63, 3.8) is 0 Å². The molecule has 3 rings (SSSR count). The average Bonchev–Trinajstić information content (AvgIpc) is 3.12. The molecule has 0 aliphatic rings. The van der Waals surface area contributed by atoms with Gasteiger partial charge in [0.05, 0.1) is 5.56 Å². The molecule has 6 nitrogen and oxygen atoms in total. The number of benzene rings is 2. The van der Waals surface area contributed by atoms with Crippen molar-refractivity contribution in [3.05, 3.63) is 76.7 Å². The van der Waals surface area contributed by atoms with E-state index in [0.29, 0.717) is 17.1 Å². The second kappa shape index (κ2) is 8.04. The number of H-pyrrole nitrogens is 1. The minimum Gasteiger partial charge on any atom is -0.322 e. The molecule has 1 heterocycles. The van der Waals surface area contributed by atoms with Crippen molar-refractivity contribution in [1.29, 1.82) is 0 Å². The van der Waals surface area contributed by atoms with E-state index in [1.807, 2.05) is 13.8 Å². The number of carbonyl (C=O) groups is 2. The molecule has 0 aliphatic heterocycles. The molecule has 0 atom stereocenters. The summed E-state index contributed by atoms with van der Waals surface area (Å²) in [5.41, 5.74) is 2.39. The molecule has 28 heavy (non-hydrogen) atoms. The predicted octanol–water partition coefficient (Wildman–Crippen LogP) is 4.49. The quantitative estimate of drug-likeness (QED) is 0.610. The first-order valence-electron chi connectivity index (χ1n) is 8.88. The van der Waals surface area contributed by atoms with Gasteiger partial charge in [0, 0.05) is 23.0 Å². The number of aromatic amines is 1. The van der Waals surface area contributed by atoms with E-state index in [-0.39, 0.29) is 17.4 Å². The molecular weight excluding hydrogens is 359 g/mol. The van der Waals surface area contributed by atoms with Gasteiger partial charge in [-0.15, -0.1) is 0 Å². The number of aromatic nitrogens is 2. The predicted molar refractivity (Wildman–Crippen MR) is 106 cm³/mol. The van der Waals surface area contributed by atoms with Gasteiger partial charge in [-0.1, -0.05) is 32.0 Å². The van der Waals surface area contributed by atoms with Gasteiger partial charge in [0.15, 0.2) is 5.82 Å². The molecule has 0 saturated heterocycles. The van der Waals surface area contributed by atoms with Crippen molar-refractivity contribution in [2.75, 3.05) is 10.6 Å². The molecular formula is C21H21FN4O2. The molecule has 1 aromatic heterocycles. The van der Waals surface area contributed by atoms with E-state index >= 15 is 0 Å². The van der Waals surface area contributed by atoms with Crippen LogP contribution in [0.2, 0.25) is 0 Å². The highest BCUT2D eigenvalue weighted by atomic mass is 19.1. The number of aryl methyl sites for hydroxylation is 1. The summed E-state index contributed by atoms with van der Waals surface area (Å²) < 4.78 is 13.8. The van der Waals surface area contributed by atoms with Crippen molar-refractivity contribution in [1.82, 2.24) is 10.2 Å². The van der Waals surface area contributed by atoms with Crippen molar-refractivity contribution in [2.24, 2.45) is 0 Å². The van der Waals surface area contributed by atoms with Gasteiger partial charge in [-0.05, 0) is 42.7 Å². The molecule has 3 aromatic rings. The maximum Gasteiger partial charge on any atom is 0.258 e. The summed E-state index contributed by atoms with van der Waals surface area (Å²) in [7, 11) is 0. The first kappa shape index (κ1) is 19.3. The Balaban J connectivity index is 1.77.